The number of nitrogens with zero attached hydrogens (tertiary/aromatic N) is 3. The summed E-state index contributed by atoms with van der Waals surface area (Å²) in [5, 5.41) is 14.3. The molecule has 0 spiro atoms. The summed E-state index contributed by atoms with van der Waals surface area (Å²) in [5.74, 6) is 1.29. The van der Waals surface area contributed by atoms with Crippen molar-refractivity contribution in [1.82, 2.24) is 20.8 Å². The minimum absolute atomic E-state index is 0.175. The first-order chi connectivity index (χ1) is 9.70. The van der Waals surface area contributed by atoms with Gasteiger partial charge in [0.1, 0.15) is 0 Å². The van der Waals surface area contributed by atoms with Crippen molar-refractivity contribution in [3.05, 3.63) is 17.8 Å². The quantitative estimate of drug-likeness (QED) is 0.827. The van der Waals surface area contributed by atoms with Crippen LogP contribution in [0.3, 0.4) is 0 Å². The second kappa shape index (κ2) is 7.19. The topological polar surface area (TPSA) is 70.2 Å². The van der Waals surface area contributed by atoms with Gasteiger partial charge in [0.15, 0.2) is 11.5 Å². The molecule has 1 fully saturated rings. The van der Waals surface area contributed by atoms with Gasteiger partial charge in [-0.2, -0.15) is 0 Å². The van der Waals surface area contributed by atoms with Gasteiger partial charge in [-0.1, -0.05) is 0 Å². The standard InChI is InChI=1S/C14H23N5O/c1-3-16-14(20)12-6-7-13(18-17-12)19(2)10-11-5-4-8-15-9-11/h6-7,11,15H,3-5,8-10H2,1-2H3,(H,16,20). The van der Waals surface area contributed by atoms with E-state index in [4.69, 9.17) is 0 Å². The van der Waals surface area contributed by atoms with Crippen LogP contribution in [-0.4, -0.2) is 49.3 Å². The van der Waals surface area contributed by atoms with Gasteiger partial charge in [-0.3, -0.25) is 4.79 Å². The molecule has 1 atom stereocenters. The Morgan fingerprint density at radius 1 is 1.50 bits per heavy atom. The van der Waals surface area contributed by atoms with Gasteiger partial charge in [0.25, 0.3) is 5.91 Å². The number of carbonyl (C=O) groups is 1. The molecule has 110 valence electrons. The van der Waals surface area contributed by atoms with Gasteiger partial charge in [0, 0.05) is 20.1 Å². The number of carbonyl (C=O) groups excluding carboxylic acids is 1. The van der Waals surface area contributed by atoms with Gasteiger partial charge >= 0.3 is 0 Å². The van der Waals surface area contributed by atoms with E-state index >= 15 is 0 Å². The fourth-order valence-corrected chi connectivity index (χ4v) is 2.46. The molecule has 0 radical (unpaired) electrons. The number of amides is 1. The van der Waals surface area contributed by atoms with Gasteiger partial charge in [0.05, 0.1) is 0 Å². The molecule has 1 aromatic heterocycles. The minimum atomic E-state index is -0.175. The van der Waals surface area contributed by atoms with Crippen molar-refractivity contribution in [2.45, 2.75) is 19.8 Å². The summed E-state index contributed by atoms with van der Waals surface area (Å²) in [6.07, 6.45) is 2.49. The van der Waals surface area contributed by atoms with E-state index in [0.29, 0.717) is 18.2 Å². The molecule has 20 heavy (non-hydrogen) atoms. The van der Waals surface area contributed by atoms with Crippen LogP contribution in [0.15, 0.2) is 12.1 Å². The second-order valence-electron chi connectivity index (χ2n) is 5.23. The molecule has 1 saturated heterocycles. The van der Waals surface area contributed by atoms with Crippen molar-refractivity contribution in [3.63, 3.8) is 0 Å². The summed E-state index contributed by atoms with van der Waals surface area (Å²) in [4.78, 5) is 13.7. The highest BCUT2D eigenvalue weighted by Crippen LogP contribution is 2.15. The predicted molar refractivity (Wildman–Crippen MR) is 78.9 cm³/mol. The SMILES string of the molecule is CCNC(=O)c1ccc(N(C)CC2CCCNC2)nn1. The van der Waals surface area contributed by atoms with Crippen molar-refractivity contribution in [3.8, 4) is 0 Å². The number of anilines is 1. The molecule has 1 amide bonds. The molecule has 1 unspecified atom stereocenters. The lowest BCUT2D eigenvalue weighted by molar-refractivity contribution is 0.0950. The third kappa shape index (κ3) is 3.90. The molecule has 1 aliphatic heterocycles. The van der Waals surface area contributed by atoms with Crippen LogP contribution in [0.25, 0.3) is 0 Å². The summed E-state index contributed by atoms with van der Waals surface area (Å²) in [7, 11) is 2.02. The van der Waals surface area contributed by atoms with Crippen molar-refractivity contribution in [2.24, 2.45) is 5.92 Å². The van der Waals surface area contributed by atoms with E-state index in [-0.39, 0.29) is 5.91 Å². The smallest absolute Gasteiger partial charge is 0.271 e. The molecule has 1 aromatic rings. The Morgan fingerprint density at radius 3 is 2.95 bits per heavy atom. The maximum absolute atomic E-state index is 11.6. The van der Waals surface area contributed by atoms with Crippen LogP contribution in [0.1, 0.15) is 30.3 Å². The molecule has 6 nitrogen and oxygen atoms in total. The Morgan fingerprint density at radius 2 is 2.35 bits per heavy atom. The first-order valence-corrected chi connectivity index (χ1v) is 7.24. The number of rotatable bonds is 5. The molecule has 2 N–H and O–H groups in total. The molecular weight excluding hydrogens is 254 g/mol. The number of nitrogens with one attached hydrogen (secondary N) is 2. The van der Waals surface area contributed by atoms with Crippen LogP contribution in [-0.2, 0) is 0 Å². The predicted octanol–water partition coefficient (Wildman–Crippen LogP) is 0.662. The van der Waals surface area contributed by atoms with E-state index in [1.165, 1.54) is 12.8 Å². The van der Waals surface area contributed by atoms with Crippen LogP contribution in [0.5, 0.6) is 0 Å². The average molecular weight is 277 g/mol. The van der Waals surface area contributed by atoms with E-state index in [9.17, 15) is 4.79 Å². The zero-order valence-corrected chi connectivity index (χ0v) is 12.2. The molecule has 2 heterocycles. The molecule has 0 aromatic carbocycles. The lowest BCUT2D eigenvalue weighted by atomic mass is 9.99. The zero-order valence-electron chi connectivity index (χ0n) is 12.2. The highest BCUT2D eigenvalue weighted by molar-refractivity contribution is 5.92. The van der Waals surface area contributed by atoms with Gasteiger partial charge in [-0.25, -0.2) is 0 Å². The molecule has 6 heteroatoms. The molecule has 0 saturated carbocycles. The highest BCUT2D eigenvalue weighted by Gasteiger charge is 2.16. The van der Waals surface area contributed by atoms with Crippen molar-refractivity contribution in [1.29, 1.82) is 0 Å². The molecule has 0 aliphatic carbocycles. The maximum atomic E-state index is 11.6. The lowest BCUT2D eigenvalue weighted by Gasteiger charge is -2.28. The van der Waals surface area contributed by atoms with Gasteiger partial charge in [-0.15, -0.1) is 10.2 Å². The lowest BCUT2D eigenvalue weighted by Crippen LogP contribution is -2.37. The van der Waals surface area contributed by atoms with E-state index in [1.54, 1.807) is 6.07 Å². The number of piperidine rings is 1. The molecule has 0 bridgehead atoms. The van der Waals surface area contributed by atoms with Crippen molar-refractivity contribution >= 4 is 11.7 Å². The summed E-state index contributed by atoms with van der Waals surface area (Å²) >= 11 is 0. The van der Waals surface area contributed by atoms with Crippen LogP contribution >= 0.6 is 0 Å². The summed E-state index contributed by atoms with van der Waals surface area (Å²) in [6, 6.07) is 3.58. The summed E-state index contributed by atoms with van der Waals surface area (Å²) in [6.45, 7) is 5.63. The average Bonchev–Trinajstić information content (AvgIpc) is 2.48. The number of hydrogen-bond acceptors (Lipinski definition) is 5. The number of hydrogen-bond donors (Lipinski definition) is 2. The van der Waals surface area contributed by atoms with Crippen molar-refractivity contribution in [2.75, 3.05) is 38.1 Å². The number of aromatic nitrogens is 2. The molecule has 2 rings (SSSR count). The van der Waals surface area contributed by atoms with E-state index in [0.717, 1.165) is 25.5 Å². The van der Waals surface area contributed by atoms with Crippen LogP contribution in [0, 0.1) is 5.92 Å². The third-order valence-electron chi connectivity index (χ3n) is 3.54. The monoisotopic (exact) mass is 277 g/mol. The Bertz CT molecular complexity index is 428. The molecular formula is C14H23N5O. The minimum Gasteiger partial charge on any atom is -0.358 e. The van der Waals surface area contributed by atoms with Crippen LogP contribution in [0.4, 0.5) is 5.82 Å². The normalized spacial score (nSPS) is 18.6. The molecule has 1 aliphatic rings. The Balaban J connectivity index is 1.92. The van der Waals surface area contributed by atoms with Gasteiger partial charge < -0.3 is 15.5 Å². The van der Waals surface area contributed by atoms with E-state index < -0.39 is 0 Å². The maximum Gasteiger partial charge on any atom is 0.271 e. The van der Waals surface area contributed by atoms with E-state index in [1.807, 2.05) is 20.0 Å². The third-order valence-corrected chi connectivity index (χ3v) is 3.54. The largest absolute Gasteiger partial charge is 0.358 e. The van der Waals surface area contributed by atoms with Gasteiger partial charge in [0.2, 0.25) is 0 Å². The first kappa shape index (κ1) is 14.7. The first-order valence-electron chi connectivity index (χ1n) is 7.24. The Hall–Kier alpha value is -1.69. The van der Waals surface area contributed by atoms with Gasteiger partial charge in [-0.05, 0) is 50.9 Å². The fourth-order valence-electron chi connectivity index (χ4n) is 2.46. The summed E-state index contributed by atoms with van der Waals surface area (Å²) in [5.41, 5.74) is 0.364. The van der Waals surface area contributed by atoms with Crippen molar-refractivity contribution < 1.29 is 4.79 Å². The zero-order chi connectivity index (χ0) is 14.4. The summed E-state index contributed by atoms with van der Waals surface area (Å²) < 4.78 is 0. The second-order valence-corrected chi connectivity index (χ2v) is 5.23. The Kier molecular flexibility index (Phi) is 5.29. The Labute approximate surface area is 120 Å². The van der Waals surface area contributed by atoms with Crippen LogP contribution in [0.2, 0.25) is 0 Å². The van der Waals surface area contributed by atoms with E-state index in [2.05, 4.69) is 25.7 Å². The van der Waals surface area contributed by atoms with Crippen LogP contribution < -0.4 is 15.5 Å². The fraction of sp³-hybridized carbons (Fsp3) is 0.643. The highest BCUT2D eigenvalue weighted by atomic mass is 16.1.